The summed E-state index contributed by atoms with van der Waals surface area (Å²) in [6.07, 6.45) is 0. The maximum absolute atomic E-state index is 0. The average Bonchev–Trinajstić information content (AvgIpc) is 0. The summed E-state index contributed by atoms with van der Waals surface area (Å²) in [5.74, 6) is 0. The Labute approximate surface area is 52.5 Å². The van der Waals surface area contributed by atoms with E-state index in [9.17, 15) is 0 Å². The van der Waals surface area contributed by atoms with Gasteiger partial charge in [0.05, 0.1) is 0 Å². The largest absolute Gasteiger partial charge is 0 e. The minimum Gasteiger partial charge on any atom is 0 e. The molecular formula is H7GaO2Ti. The molecule has 0 aliphatic rings. The van der Waals surface area contributed by atoms with Crippen LogP contribution in [0.15, 0.2) is 0 Å². The zero-order valence-electron chi connectivity index (χ0n) is 1.50. The minimum absolute atomic E-state index is 0. The molecule has 0 amide bonds. The van der Waals surface area contributed by atoms with Crippen molar-refractivity contribution in [3.63, 3.8) is 0 Å². The quantitative estimate of drug-likeness (QED) is 0.340. The Bertz CT molecular complexity index is 6.00. The molecule has 0 saturated heterocycles. The molecule has 26 valence electrons. The van der Waals surface area contributed by atoms with Gasteiger partial charge in [0.25, 0.3) is 0 Å². The van der Waals surface area contributed by atoms with Crippen LogP contribution in [0.2, 0.25) is 0 Å². The Morgan fingerprint density at radius 1 is 0.750 bits per heavy atom. The summed E-state index contributed by atoms with van der Waals surface area (Å²) in [7, 11) is 0. The molecule has 0 radical (unpaired) electrons. The molecule has 0 aliphatic heterocycles. The number of hydrogen-bond donors (Lipinski definition) is 0. The van der Waals surface area contributed by atoms with Gasteiger partial charge in [-0.3, -0.25) is 0 Å². The fourth-order valence-corrected chi connectivity index (χ4v) is 0. The Balaban J connectivity index is 0. The molecule has 0 spiro atoms. The summed E-state index contributed by atoms with van der Waals surface area (Å²) in [5.41, 5.74) is 0. The third-order valence-corrected chi connectivity index (χ3v) is 0. The molecule has 2 nitrogen and oxygen atoms in total. The molecule has 0 saturated carbocycles. The smallest absolute Gasteiger partial charge is 0 e. The SMILES string of the molecule is O.O.[GaH3].[Ti]. The summed E-state index contributed by atoms with van der Waals surface area (Å²) in [6, 6.07) is 0. The van der Waals surface area contributed by atoms with Crippen LogP contribution in [-0.4, -0.2) is 30.7 Å². The first-order valence-corrected chi connectivity index (χ1v) is 0. The number of hydrogen-bond acceptors (Lipinski definition) is 0. The van der Waals surface area contributed by atoms with Gasteiger partial charge in [-0.25, -0.2) is 0 Å². The van der Waals surface area contributed by atoms with Gasteiger partial charge in [0.1, 0.15) is 0 Å². The van der Waals surface area contributed by atoms with E-state index in [0.717, 1.165) is 0 Å². The van der Waals surface area contributed by atoms with Crippen molar-refractivity contribution in [3.05, 3.63) is 0 Å². The topological polar surface area (TPSA) is 63.0 Å². The maximum Gasteiger partial charge on any atom is 0 e. The van der Waals surface area contributed by atoms with Crippen molar-refractivity contribution in [2.45, 2.75) is 0 Å². The molecule has 0 atom stereocenters. The van der Waals surface area contributed by atoms with Crippen LogP contribution >= 0.6 is 0 Å². The van der Waals surface area contributed by atoms with Crippen molar-refractivity contribution in [1.29, 1.82) is 0 Å². The van der Waals surface area contributed by atoms with Gasteiger partial charge in [-0.15, -0.1) is 0 Å². The Morgan fingerprint density at radius 3 is 0.750 bits per heavy atom. The van der Waals surface area contributed by atoms with Crippen LogP contribution < -0.4 is 0 Å². The van der Waals surface area contributed by atoms with Gasteiger partial charge < -0.3 is 11.0 Å². The van der Waals surface area contributed by atoms with Crippen LogP contribution in [0.25, 0.3) is 0 Å². The minimum atomic E-state index is 0. The maximum atomic E-state index is 0. The zero-order chi connectivity index (χ0) is 0. The van der Waals surface area contributed by atoms with Crippen LogP contribution in [0, 0.1) is 0 Å². The molecule has 0 aromatic rings. The van der Waals surface area contributed by atoms with E-state index in [2.05, 4.69) is 0 Å². The van der Waals surface area contributed by atoms with Crippen molar-refractivity contribution >= 4 is 19.8 Å². The van der Waals surface area contributed by atoms with Crippen LogP contribution in [0.1, 0.15) is 0 Å². The number of rotatable bonds is 0. The van der Waals surface area contributed by atoms with E-state index in [-0.39, 0.29) is 52.5 Å². The second kappa shape index (κ2) is 28.3. The summed E-state index contributed by atoms with van der Waals surface area (Å²) in [6.45, 7) is 0. The average molecular weight is 157 g/mol. The first-order valence-electron chi connectivity index (χ1n) is 0. The third kappa shape index (κ3) is 10.4. The molecule has 0 fully saturated rings. The zero-order valence-corrected chi connectivity index (χ0v) is 3.06. The van der Waals surface area contributed by atoms with E-state index in [0.29, 0.717) is 0 Å². The van der Waals surface area contributed by atoms with Crippen molar-refractivity contribution < 1.29 is 32.7 Å². The van der Waals surface area contributed by atoms with Gasteiger partial charge in [0.15, 0.2) is 0 Å². The molecule has 4 heteroatoms. The molecule has 0 rings (SSSR count). The Kier molecular flexibility index (Phi) is 421. The van der Waals surface area contributed by atoms with E-state index in [1.165, 1.54) is 0 Å². The first-order chi connectivity index (χ1) is 0. The standard InChI is InChI=1S/Ga.2H2O.Ti.3H/h;2*1H2;;;;. The summed E-state index contributed by atoms with van der Waals surface area (Å²) in [4.78, 5) is 0. The molecule has 0 aromatic carbocycles. The Morgan fingerprint density at radius 2 is 0.750 bits per heavy atom. The van der Waals surface area contributed by atoms with Gasteiger partial charge in [0, 0.05) is 21.7 Å². The monoisotopic (exact) mass is 156 g/mol. The predicted molar refractivity (Wildman–Crippen MR) is 17.2 cm³/mol. The van der Waals surface area contributed by atoms with E-state index in [1.807, 2.05) is 0 Å². The van der Waals surface area contributed by atoms with Gasteiger partial charge in [-0.05, 0) is 0 Å². The predicted octanol–water partition coefficient (Wildman–Crippen LogP) is -2.84. The summed E-state index contributed by atoms with van der Waals surface area (Å²) < 4.78 is 0. The van der Waals surface area contributed by atoms with Gasteiger partial charge in [-0.2, -0.15) is 0 Å². The fourth-order valence-electron chi connectivity index (χ4n) is 0. The van der Waals surface area contributed by atoms with Crippen LogP contribution in [0.3, 0.4) is 0 Å². The van der Waals surface area contributed by atoms with E-state index >= 15 is 0 Å². The fraction of sp³-hybridized carbons (Fsp3) is 0. The summed E-state index contributed by atoms with van der Waals surface area (Å²) in [5, 5.41) is 0. The second-order valence-electron chi connectivity index (χ2n) is 0. The van der Waals surface area contributed by atoms with E-state index < -0.39 is 0 Å². The molecular weight excluding hydrogens is 150 g/mol. The molecule has 0 heterocycles. The van der Waals surface area contributed by atoms with Crippen LogP contribution in [-0.2, 0) is 21.7 Å². The van der Waals surface area contributed by atoms with E-state index in [4.69, 9.17) is 0 Å². The van der Waals surface area contributed by atoms with Gasteiger partial charge >= 0.3 is 19.8 Å². The van der Waals surface area contributed by atoms with Gasteiger partial charge in [-0.1, -0.05) is 0 Å². The molecule has 4 N–H and O–H groups in total. The van der Waals surface area contributed by atoms with E-state index in [1.54, 1.807) is 0 Å². The normalized spacial score (nSPS) is 0. The molecule has 0 aliphatic carbocycles. The van der Waals surface area contributed by atoms with Crippen molar-refractivity contribution in [3.8, 4) is 0 Å². The first kappa shape index (κ1) is 59.5. The molecule has 0 bridgehead atoms. The molecule has 4 heavy (non-hydrogen) atoms. The third-order valence-electron chi connectivity index (χ3n) is 0. The molecule has 0 unspecified atom stereocenters. The summed E-state index contributed by atoms with van der Waals surface area (Å²) >= 11 is 0. The van der Waals surface area contributed by atoms with Crippen molar-refractivity contribution in [1.82, 2.24) is 0 Å². The van der Waals surface area contributed by atoms with Crippen molar-refractivity contribution in [2.75, 3.05) is 0 Å². The second-order valence-corrected chi connectivity index (χ2v) is 0. The van der Waals surface area contributed by atoms with Crippen LogP contribution in [0.5, 0.6) is 0 Å². The van der Waals surface area contributed by atoms with Crippen molar-refractivity contribution in [2.24, 2.45) is 0 Å². The van der Waals surface area contributed by atoms with Gasteiger partial charge in [0.2, 0.25) is 0 Å². The molecule has 0 aromatic heterocycles. The Hall–Kier alpha value is 1.27. The van der Waals surface area contributed by atoms with Crippen LogP contribution in [0.4, 0.5) is 0 Å².